The molecule has 5 heteroatoms. The van der Waals surface area contributed by atoms with E-state index in [1.807, 2.05) is 18.2 Å². The van der Waals surface area contributed by atoms with Crippen molar-refractivity contribution in [2.45, 2.75) is 37.9 Å². The number of hydrogen-bond acceptors (Lipinski definition) is 3. The monoisotopic (exact) mass is 275 g/mol. The van der Waals surface area contributed by atoms with Gasteiger partial charge in [0, 0.05) is 5.92 Å². The quantitative estimate of drug-likeness (QED) is 0.784. The van der Waals surface area contributed by atoms with Crippen LogP contribution < -0.4 is 0 Å². The molecule has 0 radical (unpaired) electrons. The van der Waals surface area contributed by atoms with Crippen LogP contribution in [0.15, 0.2) is 30.3 Å². The van der Waals surface area contributed by atoms with Crippen LogP contribution in [0.1, 0.15) is 17.5 Å². The van der Waals surface area contributed by atoms with Gasteiger partial charge in [-0.3, -0.25) is 0 Å². The largest absolute Gasteiger partial charge is 0.452 e. The molecule has 1 aromatic rings. The second-order valence-corrected chi connectivity index (χ2v) is 11.5. The smallest absolute Gasteiger partial charge is 0.427 e. The maximum absolute atomic E-state index is 9.18. The fourth-order valence-electron chi connectivity index (χ4n) is 2.42. The zero-order valence-corrected chi connectivity index (χ0v) is 12.9. The first-order chi connectivity index (χ1) is 8.84. The number of nitriles is 1. The van der Waals surface area contributed by atoms with Gasteiger partial charge in [0.2, 0.25) is 0 Å². The van der Waals surface area contributed by atoms with Crippen LogP contribution in [0.2, 0.25) is 26.0 Å². The lowest BCUT2D eigenvalue weighted by atomic mass is 9.77. The average Bonchev–Trinajstić information content (AvgIpc) is 2.33. The van der Waals surface area contributed by atoms with Crippen molar-refractivity contribution < 1.29 is 10.0 Å². The highest BCUT2D eigenvalue weighted by Gasteiger charge is 2.31. The molecular formula is C14H22BNO2Si. The van der Waals surface area contributed by atoms with Gasteiger partial charge in [-0.25, -0.2) is 0 Å². The van der Waals surface area contributed by atoms with Crippen LogP contribution in [0.4, 0.5) is 0 Å². The van der Waals surface area contributed by atoms with Crippen molar-refractivity contribution in [3.63, 3.8) is 0 Å². The summed E-state index contributed by atoms with van der Waals surface area (Å²) in [7, 11) is -2.87. The van der Waals surface area contributed by atoms with Crippen molar-refractivity contribution in [1.82, 2.24) is 0 Å². The molecule has 0 heterocycles. The highest BCUT2D eigenvalue weighted by Crippen LogP contribution is 2.34. The number of hydrogen-bond donors (Lipinski definition) is 2. The van der Waals surface area contributed by atoms with Gasteiger partial charge in [-0.2, -0.15) is 5.26 Å². The van der Waals surface area contributed by atoms with E-state index < -0.39 is 15.2 Å². The lowest BCUT2D eigenvalue weighted by Crippen LogP contribution is -2.33. The van der Waals surface area contributed by atoms with Crippen molar-refractivity contribution in [3.05, 3.63) is 35.9 Å². The normalized spacial score (nSPS) is 14.5. The van der Waals surface area contributed by atoms with E-state index in [2.05, 4.69) is 37.8 Å². The second kappa shape index (κ2) is 6.90. The lowest BCUT2D eigenvalue weighted by molar-refractivity contribution is 0.392. The number of rotatable bonds is 6. The summed E-state index contributed by atoms with van der Waals surface area (Å²) in [4.78, 5) is 0. The summed E-state index contributed by atoms with van der Waals surface area (Å²) in [5.41, 5.74) is 1.62. The molecule has 0 aromatic heterocycles. The average molecular weight is 275 g/mol. The van der Waals surface area contributed by atoms with Gasteiger partial charge >= 0.3 is 7.12 Å². The van der Waals surface area contributed by atoms with Gasteiger partial charge in [0.25, 0.3) is 0 Å². The summed E-state index contributed by atoms with van der Waals surface area (Å²) in [6, 6.07) is 12.4. The molecule has 2 unspecified atom stereocenters. The minimum atomic E-state index is -1.47. The third-order valence-electron chi connectivity index (χ3n) is 3.45. The zero-order valence-electron chi connectivity index (χ0n) is 11.9. The Kier molecular flexibility index (Phi) is 5.80. The molecule has 0 amide bonds. The second-order valence-electron chi connectivity index (χ2n) is 6.11. The van der Waals surface area contributed by atoms with E-state index in [0.717, 1.165) is 0 Å². The van der Waals surface area contributed by atoms with E-state index in [1.165, 1.54) is 5.56 Å². The molecule has 0 saturated heterocycles. The Labute approximate surface area is 117 Å². The number of nitrogens with zero attached hydrogens (tertiary/aromatic N) is 1. The van der Waals surface area contributed by atoms with Crippen LogP contribution in [0.5, 0.6) is 0 Å². The molecule has 0 bridgehead atoms. The summed E-state index contributed by atoms with van der Waals surface area (Å²) in [6.07, 6.45) is 0.832. The molecule has 0 fully saturated rings. The van der Waals surface area contributed by atoms with E-state index in [4.69, 9.17) is 10.0 Å². The van der Waals surface area contributed by atoms with Crippen molar-refractivity contribution in [2.75, 3.05) is 0 Å². The van der Waals surface area contributed by atoms with Gasteiger partial charge < -0.3 is 10.0 Å². The fourth-order valence-corrected chi connectivity index (χ4v) is 4.60. The minimum absolute atomic E-state index is 0.129. The van der Waals surface area contributed by atoms with Crippen LogP contribution in [0, 0.1) is 17.2 Å². The predicted molar refractivity (Wildman–Crippen MR) is 81.2 cm³/mol. The standard InChI is InChI=1S/C14H22BNO2Si/c1-19(2,3)14(13-7-5-4-6-8-13)9-12(11-16)10-15(17)18/h4-8,12,14,17-18H,9-10H2,1-3H3. The lowest BCUT2D eigenvalue weighted by Gasteiger charge is -2.31. The van der Waals surface area contributed by atoms with Crippen molar-refractivity contribution in [1.29, 1.82) is 5.26 Å². The molecule has 19 heavy (non-hydrogen) atoms. The molecule has 1 aromatic carbocycles. The van der Waals surface area contributed by atoms with Gasteiger partial charge in [-0.1, -0.05) is 50.0 Å². The van der Waals surface area contributed by atoms with E-state index in [9.17, 15) is 5.26 Å². The Hall–Kier alpha value is -1.09. The van der Waals surface area contributed by atoms with Crippen molar-refractivity contribution >= 4 is 15.2 Å². The molecule has 0 saturated carbocycles. The molecule has 2 N–H and O–H groups in total. The Balaban J connectivity index is 2.91. The van der Waals surface area contributed by atoms with Crippen molar-refractivity contribution in [2.24, 2.45) is 5.92 Å². The predicted octanol–water partition coefficient (Wildman–Crippen LogP) is 2.65. The molecule has 102 valence electrons. The van der Waals surface area contributed by atoms with Crippen LogP contribution in [-0.2, 0) is 0 Å². The molecular weight excluding hydrogens is 253 g/mol. The van der Waals surface area contributed by atoms with E-state index >= 15 is 0 Å². The van der Waals surface area contributed by atoms with Crippen LogP contribution in [0.3, 0.4) is 0 Å². The van der Waals surface area contributed by atoms with Crippen LogP contribution in [-0.4, -0.2) is 25.2 Å². The van der Waals surface area contributed by atoms with Gasteiger partial charge in [-0.15, -0.1) is 0 Å². The van der Waals surface area contributed by atoms with Crippen LogP contribution >= 0.6 is 0 Å². The summed E-state index contributed by atoms with van der Waals surface area (Å²) in [5, 5.41) is 27.3. The molecule has 0 aliphatic carbocycles. The summed E-state index contributed by atoms with van der Waals surface area (Å²) in [5.74, 6) is -0.308. The Morgan fingerprint density at radius 1 is 1.21 bits per heavy atom. The van der Waals surface area contributed by atoms with E-state index in [0.29, 0.717) is 12.0 Å². The summed E-state index contributed by atoms with van der Waals surface area (Å²) < 4.78 is 0. The van der Waals surface area contributed by atoms with Gasteiger partial charge in [0.05, 0.1) is 14.1 Å². The first kappa shape index (κ1) is 16.0. The zero-order chi connectivity index (χ0) is 14.5. The highest BCUT2D eigenvalue weighted by atomic mass is 28.3. The maximum Gasteiger partial charge on any atom is 0.452 e. The molecule has 2 atom stereocenters. The van der Waals surface area contributed by atoms with Crippen molar-refractivity contribution in [3.8, 4) is 6.07 Å². The fraction of sp³-hybridized carbons (Fsp3) is 0.500. The summed E-state index contributed by atoms with van der Waals surface area (Å²) in [6.45, 7) is 6.86. The third-order valence-corrected chi connectivity index (χ3v) is 6.11. The molecule has 1 rings (SSSR count). The van der Waals surface area contributed by atoms with Gasteiger partial charge in [-0.05, 0) is 23.8 Å². The Morgan fingerprint density at radius 2 is 1.79 bits per heavy atom. The summed E-state index contributed by atoms with van der Waals surface area (Å²) >= 11 is 0. The van der Waals surface area contributed by atoms with Gasteiger partial charge in [0.1, 0.15) is 0 Å². The third kappa shape index (κ3) is 5.19. The first-order valence-electron chi connectivity index (χ1n) is 6.65. The Morgan fingerprint density at radius 3 is 2.21 bits per heavy atom. The molecule has 0 aliphatic rings. The first-order valence-corrected chi connectivity index (χ1v) is 10.2. The van der Waals surface area contributed by atoms with E-state index in [-0.39, 0.29) is 12.2 Å². The maximum atomic E-state index is 9.18. The molecule has 3 nitrogen and oxygen atoms in total. The van der Waals surface area contributed by atoms with E-state index in [1.54, 1.807) is 0 Å². The highest BCUT2D eigenvalue weighted by molar-refractivity contribution is 6.77. The molecule has 0 aliphatic heterocycles. The SMILES string of the molecule is C[Si](C)(C)C(CC(C#N)CB(O)O)c1ccccc1. The Bertz CT molecular complexity index is 425. The number of benzene rings is 1. The topological polar surface area (TPSA) is 64.2 Å². The van der Waals surface area contributed by atoms with Crippen LogP contribution in [0.25, 0.3) is 0 Å². The van der Waals surface area contributed by atoms with Gasteiger partial charge in [0.15, 0.2) is 0 Å². The molecule has 0 spiro atoms. The minimum Gasteiger partial charge on any atom is -0.427 e.